The summed E-state index contributed by atoms with van der Waals surface area (Å²) in [4.78, 5) is 12.1. The SMILES string of the molecule is CCCCC(CN)NC(=O)c1cccc(O)c1C. The van der Waals surface area contributed by atoms with Gasteiger partial charge in [0.25, 0.3) is 5.91 Å². The van der Waals surface area contributed by atoms with E-state index in [9.17, 15) is 9.90 Å². The van der Waals surface area contributed by atoms with Crippen molar-refractivity contribution >= 4 is 5.91 Å². The van der Waals surface area contributed by atoms with E-state index in [-0.39, 0.29) is 17.7 Å². The molecule has 1 amide bonds. The summed E-state index contributed by atoms with van der Waals surface area (Å²) in [7, 11) is 0. The van der Waals surface area contributed by atoms with Gasteiger partial charge in [0.15, 0.2) is 0 Å². The number of nitrogens with two attached hydrogens (primary N) is 1. The minimum atomic E-state index is -0.171. The second-order valence-corrected chi connectivity index (χ2v) is 4.50. The number of amides is 1. The molecule has 18 heavy (non-hydrogen) atoms. The summed E-state index contributed by atoms with van der Waals surface area (Å²) < 4.78 is 0. The molecule has 1 rings (SSSR count). The number of aromatic hydroxyl groups is 1. The van der Waals surface area contributed by atoms with Crippen molar-refractivity contribution in [3.63, 3.8) is 0 Å². The van der Waals surface area contributed by atoms with Crippen molar-refractivity contribution in [2.45, 2.75) is 39.2 Å². The number of unbranched alkanes of at least 4 members (excludes halogenated alkanes) is 1. The van der Waals surface area contributed by atoms with E-state index in [0.29, 0.717) is 17.7 Å². The lowest BCUT2D eigenvalue weighted by molar-refractivity contribution is 0.0934. The van der Waals surface area contributed by atoms with Crippen molar-refractivity contribution in [3.05, 3.63) is 29.3 Å². The van der Waals surface area contributed by atoms with Crippen molar-refractivity contribution < 1.29 is 9.90 Å². The minimum absolute atomic E-state index is 0.000742. The summed E-state index contributed by atoms with van der Waals surface area (Å²) in [6.45, 7) is 4.27. The molecule has 4 nitrogen and oxygen atoms in total. The van der Waals surface area contributed by atoms with Gasteiger partial charge in [0.1, 0.15) is 5.75 Å². The van der Waals surface area contributed by atoms with E-state index in [1.807, 2.05) is 0 Å². The Balaban J connectivity index is 2.72. The number of hydrogen-bond donors (Lipinski definition) is 3. The van der Waals surface area contributed by atoms with E-state index < -0.39 is 0 Å². The van der Waals surface area contributed by atoms with Gasteiger partial charge in [0.05, 0.1) is 0 Å². The summed E-state index contributed by atoms with van der Waals surface area (Å²) in [5.41, 5.74) is 6.75. The van der Waals surface area contributed by atoms with Crippen LogP contribution in [0, 0.1) is 6.92 Å². The van der Waals surface area contributed by atoms with E-state index in [1.54, 1.807) is 25.1 Å². The van der Waals surface area contributed by atoms with E-state index in [4.69, 9.17) is 5.73 Å². The quantitative estimate of drug-likeness (QED) is 0.722. The fourth-order valence-corrected chi connectivity index (χ4v) is 1.83. The largest absolute Gasteiger partial charge is 0.508 e. The summed E-state index contributed by atoms with van der Waals surface area (Å²) in [5, 5.41) is 12.5. The first-order chi connectivity index (χ1) is 8.60. The molecular weight excluding hydrogens is 228 g/mol. The number of nitrogens with one attached hydrogen (secondary N) is 1. The van der Waals surface area contributed by atoms with Crippen LogP contribution in [0.5, 0.6) is 5.75 Å². The Bertz CT molecular complexity index is 405. The smallest absolute Gasteiger partial charge is 0.251 e. The second-order valence-electron chi connectivity index (χ2n) is 4.50. The topological polar surface area (TPSA) is 75.3 Å². The van der Waals surface area contributed by atoms with Gasteiger partial charge >= 0.3 is 0 Å². The molecule has 0 aromatic heterocycles. The van der Waals surface area contributed by atoms with Gasteiger partial charge < -0.3 is 16.2 Å². The van der Waals surface area contributed by atoms with Crippen LogP contribution in [0.4, 0.5) is 0 Å². The summed E-state index contributed by atoms with van der Waals surface area (Å²) >= 11 is 0. The van der Waals surface area contributed by atoms with Gasteiger partial charge in [0.2, 0.25) is 0 Å². The number of benzene rings is 1. The van der Waals surface area contributed by atoms with Crippen molar-refractivity contribution in [3.8, 4) is 5.75 Å². The number of carbonyl (C=O) groups excluding carboxylic acids is 1. The van der Waals surface area contributed by atoms with Gasteiger partial charge in [0, 0.05) is 23.7 Å². The highest BCUT2D eigenvalue weighted by Crippen LogP contribution is 2.19. The average Bonchev–Trinajstić information content (AvgIpc) is 2.37. The Morgan fingerprint density at radius 3 is 2.83 bits per heavy atom. The predicted molar refractivity (Wildman–Crippen MR) is 72.7 cm³/mol. The lowest BCUT2D eigenvalue weighted by atomic mass is 10.1. The molecule has 1 aromatic carbocycles. The van der Waals surface area contributed by atoms with Gasteiger partial charge in [-0.1, -0.05) is 25.8 Å². The predicted octanol–water partition coefficient (Wildman–Crippen LogP) is 1.95. The summed E-state index contributed by atoms with van der Waals surface area (Å²) in [6.07, 6.45) is 3.01. The lowest BCUT2D eigenvalue weighted by Gasteiger charge is -2.17. The lowest BCUT2D eigenvalue weighted by Crippen LogP contribution is -2.40. The zero-order valence-corrected chi connectivity index (χ0v) is 11.1. The zero-order chi connectivity index (χ0) is 13.5. The molecule has 0 aliphatic heterocycles. The van der Waals surface area contributed by atoms with Crippen LogP contribution in [0.3, 0.4) is 0 Å². The molecule has 0 saturated heterocycles. The van der Waals surface area contributed by atoms with Crippen molar-refractivity contribution in [1.29, 1.82) is 0 Å². The van der Waals surface area contributed by atoms with Crippen LogP contribution in [0.25, 0.3) is 0 Å². The maximum Gasteiger partial charge on any atom is 0.251 e. The molecule has 0 fully saturated rings. The van der Waals surface area contributed by atoms with E-state index in [0.717, 1.165) is 19.3 Å². The molecule has 4 N–H and O–H groups in total. The van der Waals surface area contributed by atoms with Crippen LogP contribution >= 0.6 is 0 Å². The number of hydrogen-bond acceptors (Lipinski definition) is 3. The third kappa shape index (κ3) is 3.74. The highest BCUT2D eigenvalue weighted by Gasteiger charge is 2.15. The van der Waals surface area contributed by atoms with Crippen LogP contribution < -0.4 is 11.1 Å². The zero-order valence-electron chi connectivity index (χ0n) is 11.1. The van der Waals surface area contributed by atoms with Crippen LogP contribution in [0.1, 0.15) is 42.1 Å². The van der Waals surface area contributed by atoms with Gasteiger partial charge in [-0.15, -0.1) is 0 Å². The maximum atomic E-state index is 12.1. The third-order valence-electron chi connectivity index (χ3n) is 3.08. The first-order valence-corrected chi connectivity index (χ1v) is 6.39. The second kappa shape index (κ2) is 7.01. The van der Waals surface area contributed by atoms with Gasteiger partial charge in [-0.2, -0.15) is 0 Å². The molecule has 1 atom stereocenters. The molecule has 0 aliphatic carbocycles. The summed E-state index contributed by atoms with van der Waals surface area (Å²) in [5.74, 6) is -0.0320. The molecule has 100 valence electrons. The number of phenolic OH excluding ortho intramolecular Hbond substituents is 1. The Hall–Kier alpha value is -1.55. The molecule has 0 radical (unpaired) electrons. The number of carbonyl (C=O) groups is 1. The van der Waals surface area contributed by atoms with Crippen LogP contribution in [0.15, 0.2) is 18.2 Å². The first-order valence-electron chi connectivity index (χ1n) is 6.39. The van der Waals surface area contributed by atoms with E-state index >= 15 is 0 Å². The van der Waals surface area contributed by atoms with Crippen LogP contribution in [-0.2, 0) is 0 Å². The molecular formula is C14H22N2O2. The Morgan fingerprint density at radius 1 is 1.50 bits per heavy atom. The van der Waals surface area contributed by atoms with Gasteiger partial charge in [-0.25, -0.2) is 0 Å². The van der Waals surface area contributed by atoms with Crippen molar-refractivity contribution in [2.24, 2.45) is 5.73 Å². The molecule has 0 aliphatic rings. The number of phenols is 1. The van der Waals surface area contributed by atoms with Crippen LogP contribution in [0.2, 0.25) is 0 Å². The minimum Gasteiger partial charge on any atom is -0.508 e. The highest BCUT2D eigenvalue weighted by atomic mass is 16.3. The van der Waals surface area contributed by atoms with Crippen molar-refractivity contribution in [2.75, 3.05) is 6.54 Å². The normalized spacial score (nSPS) is 12.2. The number of rotatable bonds is 6. The molecule has 0 bridgehead atoms. The Labute approximate surface area is 108 Å². The van der Waals surface area contributed by atoms with Crippen molar-refractivity contribution in [1.82, 2.24) is 5.32 Å². The molecule has 0 spiro atoms. The maximum absolute atomic E-state index is 12.1. The third-order valence-corrected chi connectivity index (χ3v) is 3.08. The Morgan fingerprint density at radius 2 is 2.22 bits per heavy atom. The highest BCUT2D eigenvalue weighted by molar-refractivity contribution is 5.96. The van der Waals surface area contributed by atoms with E-state index in [2.05, 4.69) is 12.2 Å². The van der Waals surface area contributed by atoms with Gasteiger partial charge in [-0.05, 0) is 25.5 Å². The Kier molecular flexibility index (Phi) is 5.65. The molecule has 0 heterocycles. The molecule has 1 unspecified atom stereocenters. The average molecular weight is 250 g/mol. The molecule has 1 aromatic rings. The summed E-state index contributed by atoms with van der Waals surface area (Å²) in [6, 6.07) is 4.95. The fraction of sp³-hybridized carbons (Fsp3) is 0.500. The van der Waals surface area contributed by atoms with Gasteiger partial charge in [-0.3, -0.25) is 4.79 Å². The standard InChI is InChI=1S/C14H22N2O2/c1-3-4-6-11(9-15)16-14(18)12-7-5-8-13(17)10(12)2/h5,7-8,11,17H,3-4,6,9,15H2,1-2H3,(H,16,18). The molecule has 4 heteroatoms. The fourth-order valence-electron chi connectivity index (χ4n) is 1.83. The monoisotopic (exact) mass is 250 g/mol. The molecule has 0 saturated carbocycles. The van der Waals surface area contributed by atoms with Crippen LogP contribution in [-0.4, -0.2) is 23.6 Å². The first kappa shape index (κ1) is 14.5. The van der Waals surface area contributed by atoms with E-state index in [1.165, 1.54) is 0 Å².